The molecule has 0 saturated carbocycles. The third kappa shape index (κ3) is 0.969. The first-order chi connectivity index (χ1) is 5.20. The normalized spacial score (nSPS) is 56.5. The average molecular weight is 162 g/mol. The summed E-state index contributed by atoms with van der Waals surface area (Å²) >= 11 is 0. The summed E-state index contributed by atoms with van der Waals surface area (Å²) in [6.45, 7) is 0.236. The van der Waals surface area contributed by atoms with Gasteiger partial charge in [-0.2, -0.15) is 0 Å². The summed E-state index contributed by atoms with van der Waals surface area (Å²) < 4.78 is 9.95. The number of aliphatic hydroxyl groups excluding tert-OH is 3. The van der Waals surface area contributed by atoms with Crippen LogP contribution in [0.1, 0.15) is 0 Å². The van der Waals surface area contributed by atoms with Gasteiger partial charge >= 0.3 is 0 Å². The Labute approximate surface area is 63.2 Å². The van der Waals surface area contributed by atoms with E-state index in [1.165, 1.54) is 0 Å². The van der Waals surface area contributed by atoms with E-state index in [1.807, 2.05) is 0 Å². The van der Waals surface area contributed by atoms with Crippen LogP contribution in [0.2, 0.25) is 0 Å². The van der Waals surface area contributed by atoms with Gasteiger partial charge in [0.05, 0.1) is 6.61 Å². The summed E-state index contributed by atoms with van der Waals surface area (Å²) in [7, 11) is 0. The molecule has 0 aromatic carbocycles. The molecule has 2 rings (SSSR count). The van der Waals surface area contributed by atoms with Crippen molar-refractivity contribution >= 4 is 0 Å². The first kappa shape index (κ1) is 7.45. The first-order valence-electron chi connectivity index (χ1n) is 3.51. The van der Waals surface area contributed by atoms with Crippen LogP contribution in [-0.2, 0) is 9.47 Å². The number of ether oxygens (including phenoxy) is 2. The fraction of sp³-hybridized carbons (Fsp3) is 1.00. The van der Waals surface area contributed by atoms with Gasteiger partial charge in [0, 0.05) is 0 Å². The highest BCUT2D eigenvalue weighted by Crippen LogP contribution is 2.27. The molecule has 2 saturated heterocycles. The highest BCUT2D eigenvalue weighted by Gasteiger charge is 2.48. The van der Waals surface area contributed by atoms with E-state index in [1.54, 1.807) is 0 Å². The summed E-state index contributed by atoms with van der Waals surface area (Å²) in [4.78, 5) is 0. The predicted molar refractivity (Wildman–Crippen MR) is 32.6 cm³/mol. The van der Waals surface area contributed by atoms with E-state index < -0.39 is 30.7 Å². The Morgan fingerprint density at radius 1 is 1.00 bits per heavy atom. The molecule has 2 heterocycles. The zero-order chi connectivity index (χ0) is 8.01. The molecule has 0 amide bonds. The second kappa shape index (κ2) is 2.40. The second-order valence-electron chi connectivity index (χ2n) is 2.85. The molecule has 2 aliphatic rings. The molecule has 0 aromatic heterocycles. The van der Waals surface area contributed by atoms with Gasteiger partial charge in [0.2, 0.25) is 0 Å². The Morgan fingerprint density at radius 3 is 2.45 bits per heavy atom. The van der Waals surface area contributed by atoms with E-state index in [-0.39, 0.29) is 6.61 Å². The minimum absolute atomic E-state index is 0.236. The molecule has 64 valence electrons. The Bertz CT molecular complexity index is 141. The number of hydrogen-bond acceptors (Lipinski definition) is 5. The van der Waals surface area contributed by atoms with Gasteiger partial charge in [-0.3, -0.25) is 0 Å². The maximum absolute atomic E-state index is 9.22. The van der Waals surface area contributed by atoms with Crippen molar-refractivity contribution in [3.63, 3.8) is 0 Å². The minimum Gasteiger partial charge on any atom is -0.387 e. The van der Waals surface area contributed by atoms with Gasteiger partial charge in [-0.1, -0.05) is 0 Å². The summed E-state index contributed by atoms with van der Waals surface area (Å²) in [5, 5.41) is 27.6. The molecule has 2 aliphatic heterocycles. The maximum Gasteiger partial charge on any atom is 0.186 e. The molecule has 0 spiro atoms. The summed E-state index contributed by atoms with van der Waals surface area (Å²) in [5.74, 6) is 0. The van der Waals surface area contributed by atoms with Crippen molar-refractivity contribution in [2.75, 3.05) is 6.61 Å². The standard InChI is InChI=1S/C6H10O5/c7-3-2-1-10-6(11-2)5(9)4(3)8/h2-9H,1H2/t2-,3-,4+,5-,6+/m1/s1. The lowest BCUT2D eigenvalue weighted by Gasteiger charge is -2.32. The van der Waals surface area contributed by atoms with Gasteiger partial charge in [-0.05, 0) is 0 Å². The number of hydrogen-bond donors (Lipinski definition) is 3. The largest absolute Gasteiger partial charge is 0.387 e. The van der Waals surface area contributed by atoms with Crippen molar-refractivity contribution < 1.29 is 24.8 Å². The highest BCUT2D eigenvalue weighted by molar-refractivity contribution is 4.92. The van der Waals surface area contributed by atoms with Gasteiger partial charge in [0.15, 0.2) is 6.29 Å². The fourth-order valence-corrected chi connectivity index (χ4v) is 1.38. The predicted octanol–water partition coefficient (Wildman–Crippen LogP) is -2.18. The molecule has 3 N–H and O–H groups in total. The molecule has 0 aromatic rings. The monoisotopic (exact) mass is 162 g/mol. The van der Waals surface area contributed by atoms with Crippen molar-refractivity contribution in [1.29, 1.82) is 0 Å². The molecular weight excluding hydrogens is 152 g/mol. The Morgan fingerprint density at radius 2 is 1.73 bits per heavy atom. The van der Waals surface area contributed by atoms with Crippen LogP contribution in [0.5, 0.6) is 0 Å². The number of rotatable bonds is 0. The quantitative estimate of drug-likeness (QED) is 0.377. The van der Waals surface area contributed by atoms with E-state index in [0.717, 1.165) is 0 Å². The van der Waals surface area contributed by atoms with Crippen LogP contribution in [-0.4, -0.2) is 52.6 Å². The van der Waals surface area contributed by atoms with Crippen molar-refractivity contribution in [2.45, 2.75) is 30.7 Å². The average Bonchev–Trinajstić information content (AvgIpc) is 2.44. The lowest BCUT2D eigenvalue weighted by molar-refractivity contribution is -0.228. The van der Waals surface area contributed by atoms with Gasteiger partial charge in [0.1, 0.15) is 24.4 Å². The lowest BCUT2D eigenvalue weighted by Crippen LogP contribution is -2.53. The Hall–Kier alpha value is -0.200. The van der Waals surface area contributed by atoms with E-state index in [9.17, 15) is 10.2 Å². The van der Waals surface area contributed by atoms with E-state index in [4.69, 9.17) is 14.6 Å². The van der Waals surface area contributed by atoms with Crippen LogP contribution in [0.15, 0.2) is 0 Å². The Balaban J connectivity index is 2.16. The van der Waals surface area contributed by atoms with Gasteiger partial charge in [0.25, 0.3) is 0 Å². The van der Waals surface area contributed by atoms with E-state index in [2.05, 4.69) is 0 Å². The summed E-state index contributed by atoms with van der Waals surface area (Å²) in [6.07, 6.45) is -4.58. The van der Waals surface area contributed by atoms with Gasteiger partial charge in [-0.15, -0.1) is 0 Å². The third-order valence-electron chi connectivity index (χ3n) is 2.09. The first-order valence-corrected chi connectivity index (χ1v) is 3.51. The van der Waals surface area contributed by atoms with Crippen LogP contribution in [0.4, 0.5) is 0 Å². The van der Waals surface area contributed by atoms with Gasteiger partial charge < -0.3 is 24.8 Å². The van der Waals surface area contributed by atoms with Crippen LogP contribution >= 0.6 is 0 Å². The molecule has 5 atom stereocenters. The zero-order valence-electron chi connectivity index (χ0n) is 5.75. The van der Waals surface area contributed by atoms with Crippen LogP contribution in [0.25, 0.3) is 0 Å². The molecule has 0 unspecified atom stereocenters. The van der Waals surface area contributed by atoms with Crippen LogP contribution in [0, 0.1) is 0 Å². The highest BCUT2D eigenvalue weighted by atomic mass is 16.7. The van der Waals surface area contributed by atoms with Crippen molar-refractivity contribution in [3.05, 3.63) is 0 Å². The number of aliphatic hydroxyl groups is 3. The summed E-state index contributed by atoms with van der Waals surface area (Å²) in [5.41, 5.74) is 0. The van der Waals surface area contributed by atoms with Crippen molar-refractivity contribution in [1.82, 2.24) is 0 Å². The van der Waals surface area contributed by atoms with Crippen molar-refractivity contribution in [3.8, 4) is 0 Å². The molecule has 5 heteroatoms. The van der Waals surface area contributed by atoms with E-state index >= 15 is 0 Å². The molecule has 0 aliphatic carbocycles. The topological polar surface area (TPSA) is 79.2 Å². The Kier molecular flexibility index (Phi) is 1.62. The van der Waals surface area contributed by atoms with Crippen LogP contribution < -0.4 is 0 Å². The second-order valence-corrected chi connectivity index (χ2v) is 2.85. The SMILES string of the molecule is O[C@@H]1[C@@H](O)[C@H]2OC[C@@H](O2)[C@H]1O. The van der Waals surface area contributed by atoms with E-state index in [0.29, 0.717) is 0 Å². The molecule has 2 bridgehead atoms. The fourth-order valence-electron chi connectivity index (χ4n) is 1.38. The minimum atomic E-state index is -1.15. The van der Waals surface area contributed by atoms with Crippen molar-refractivity contribution in [2.24, 2.45) is 0 Å². The molecular formula is C6H10O5. The molecule has 11 heavy (non-hydrogen) atoms. The molecule has 5 nitrogen and oxygen atoms in total. The zero-order valence-corrected chi connectivity index (χ0v) is 5.75. The molecule has 0 radical (unpaired) electrons. The van der Waals surface area contributed by atoms with Gasteiger partial charge in [-0.25, -0.2) is 0 Å². The third-order valence-corrected chi connectivity index (χ3v) is 2.09. The lowest BCUT2D eigenvalue weighted by atomic mass is 10.0. The van der Waals surface area contributed by atoms with Crippen LogP contribution in [0.3, 0.4) is 0 Å². The number of fused-ring (bicyclic) bond motifs is 2. The molecule has 2 fully saturated rings. The smallest absolute Gasteiger partial charge is 0.186 e. The maximum atomic E-state index is 9.22. The summed E-state index contributed by atoms with van der Waals surface area (Å²) in [6, 6.07) is 0.